The van der Waals surface area contributed by atoms with Gasteiger partial charge in [-0.15, -0.1) is 0 Å². The molecule has 2 N–H and O–H groups in total. The molecule has 5 nitrogen and oxygen atoms in total. The molecule has 1 aliphatic rings. The van der Waals surface area contributed by atoms with Gasteiger partial charge in [-0.3, -0.25) is 0 Å². The minimum atomic E-state index is -2.89. The van der Waals surface area contributed by atoms with Gasteiger partial charge >= 0.3 is 0 Å². The zero-order valence-corrected chi connectivity index (χ0v) is 12.2. The lowest BCUT2D eigenvalue weighted by Crippen LogP contribution is -2.38. The van der Waals surface area contributed by atoms with Gasteiger partial charge in [0.25, 0.3) is 0 Å². The second-order valence-electron chi connectivity index (χ2n) is 4.43. The molecule has 0 aliphatic carbocycles. The maximum absolute atomic E-state index is 11.3. The van der Waals surface area contributed by atoms with E-state index in [1.165, 1.54) is 0 Å². The summed E-state index contributed by atoms with van der Waals surface area (Å²) in [5, 5.41) is 6.46. The van der Waals surface area contributed by atoms with Crippen molar-refractivity contribution in [2.24, 2.45) is 0 Å². The van der Waals surface area contributed by atoms with E-state index in [1.807, 2.05) is 24.3 Å². The Labute approximate surface area is 118 Å². The van der Waals surface area contributed by atoms with Gasteiger partial charge in [-0.25, -0.2) is 8.42 Å². The number of benzene rings is 1. The van der Waals surface area contributed by atoms with E-state index >= 15 is 0 Å². The molecule has 1 heterocycles. The molecular weight excluding hydrogens is 284 g/mol. The van der Waals surface area contributed by atoms with Gasteiger partial charge in [0.2, 0.25) is 0 Å². The second-order valence-corrected chi connectivity index (χ2v) is 7.07. The van der Waals surface area contributed by atoms with Crippen LogP contribution >= 0.6 is 12.2 Å². The van der Waals surface area contributed by atoms with Gasteiger partial charge in [-0.1, -0.05) is 6.07 Å². The zero-order chi connectivity index (χ0) is 13.9. The van der Waals surface area contributed by atoms with Gasteiger partial charge in [0.05, 0.1) is 18.6 Å². The molecule has 1 aromatic carbocycles. The Balaban J connectivity index is 1.91. The van der Waals surface area contributed by atoms with Crippen LogP contribution in [0.1, 0.15) is 6.42 Å². The van der Waals surface area contributed by atoms with Crippen LogP contribution in [0.2, 0.25) is 0 Å². The van der Waals surface area contributed by atoms with Gasteiger partial charge in [0, 0.05) is 17.8 Å². The average molecular weight is 300 g/mol. The van der Waals surface area contributed by atoms with E-state index in [1.54, 1.807) is 7.11 Å². The maximum Gasteiger partial charge on any atom is 0.171 e. The van der Waals surface area contributed by atoms with Crippen molar-refractivity contribution < 1.29 is 13.2 Å². The number of methoxy groups -OCH3 is 1. The Kier molecular flexibility index (Phi) is 4.26. The number of thiocarbonyl (C=S) groups is 1. The van der Waals surface area contributed by atoms with Gasteiger partial charge < -0.3 is 15.4 Å². The summed E-state index contributed by atoms with van der Waals surface area (Å²) in [6.45, 7) is 0. The highest BCUT2D eigenvalue weighted by molar-refractivity contribution is 7.91. The average Bonchev–Trinajstić information content (AvgIpc) is 2.68. The summed E-state index contributed by atoms with van der Waals surface area (Å²) in [5.74, 6) is 1.11. The van der Waals surface area contributed by atoms with E-state index in [9.17, 15) is 8.42 Å². The molecule has 104 valence electrons. The lowest BCUT2D eigenvalue weighted by molar-refractivity contribution is 0.415. The monoisotopic (exact) mass is 300 g/mol. The molecule has 0 bridgehead atoms. The SMILES string of the molecule is COc1cccc(NC(=S)NC2CCS(=O)(=O)C2)c1. The molecule has 1 saturated heterocycles. The number of nitrogens with one attached hydrogen (secondary N) is 2. The Bertz CT molecular complexity index is 572. The standard InChI is InChI=1S/C12H16N2O3S2/c1-17-11-4-2-3-9(7-11)13-12(18)14-10-5-6-19(15,16)8-10/h2-4,7,10H,5-6,8H2,1H3,(H2,13,14,18). The van der Waals surface area contributed by atoms with E-state index < -0.39 is 9.84 Å². The molecule has 1 atom stereocenters. The summed E-state index contributed by atoms with van der Waals surface area (Å²) in [7, 11) is -1.30. The van der Waals surface area contributed by atoms with Crippen molar-refractivity contribution in [3.8, 4) is 5.75 Å². The van der Waals surface area contributed by atoms with Crippen LogP contribution in [0.15, 0.2) is 24.3 Å². The van der Waals surface area contributed by atoms with Crippen LogP contribution in [-0.4, -0.2) is 38.2 Å². The van der Waals surface area contributed by atoms with Crippen LogP contribution in [0.5, 0.6) is 5.75 Å². The highest BCUT2D eigenvalue weighted by Gasteiger charge is 2.28. The molecule has 1 aliphatic heterocycles. The molecular formula is C12H16N2O3S2. The Morgan fingerprint density at radius 3 is 2.89 bits per heavy atom. The second kappa shape index (κ2) is 5.75. The van der Waals surface area contributed by atoms with Crippen molar-refractivity contribution in [2.75, 3.05) is 23.9 Å². The van der Waals surface area contributed by atoms with Crippen molar-refractivity contribution in [3.05, 3.63) is 24.3 Å². The summed E-state index contributed by atoms with van der Waals surface area (Å²) >= 11 is 5.17. The molecule has 0 spiro atoms. The van der Waals surface area contributed by atoms with E-state index in [0.29, 0.717) is 11.5 Å². The predicted molar refractivity (Wildman–Crippen MR) is 79.4 cm³/mol. The fourth-order valence-electron chi connectivity index (χ4n) is 1.96. The summed E-state index contributed by atoms with van der Waals surface area (Å²) in [6.07, 6.45) is 0.599. The topological polar surface area (TPSA) is 67.4 Å². The first-order valence-corrected chi connectivity index (χ1v) is 8.13. The summed E-state index contributed by atoms with van der Waals surface area (Å²) < 4.78 is 27.8. The van der Waals surface area contributed by atoms with Crippen LogP contribution in [0.4, 0.5) is 5.69 Å². The first-order chi connectivity index (χ1) is 8.98. The highest BCUT2D eigenvalue weighted by atomic mass is 32.2. The molecule has 0 saturated carbocycles. The van der Waals surface area contributed by atoms with Crippen LogP contribution in [0.25, 0.3) is 0 Å². The lowest BCUT2D eigenvalue weighted by atomic mass is 10.3. The third-order valence-corrected chi connectivity index (χ3v) is 4.88. The Morgan fingerprint density at radius 2 is 2.26 bits per heavy atom. The molecule has 1 aromatic rings. The summed E-state index contributed by atoms with van der Waals surface area (Å²) in [4.78, 5) is 0. The van der Waals surface area contributed by atoms with Gasteiger partial charge in [0.1, 0.15) is 5.75 Å². The third-order valence-electron chi connectivity index (χ3n) is 2.90. The van der Waals surface area contributed by atoms with E-state index in [-0.39, 0.29) is 17.5 Å². The normalized spacial score (nSPS) is 20.8. The number of rotatable bonds is 3. The van der Waals surface area contributed by atoms with Crippen LogP contribution in [-0.2, 0) is 9.84 Å². The minimum absolute atomic E-state index is 0.101. The molecule has 1 fully saturated rings. The molecule has 7 heteroatoms. The first-order valence-electron chi connectivity index (χ1n) is 5.90. The van der Waals surface area contributed by atoms with Gasteiger partial charge in [-0.2, -0.15) is 0 Å². The quantitative estimate of drug-likeness (QED) is 0.817. The van der Waals surface area contributed by atoms with Gasteiger partial charge in [0.15, 0.2) is 14.9 Å². The fourth-order valence-corrected chi connectivity index (χ4v) is 3.92. The van der Waals surface area contributed by atoms with Crippen LogP contribution in [0.3, 0.4) is 0 Å². The van der Waals surface area contributed by atoms with Crippen LogP contribution in [0, 0.1) is 0 Å². The predicted octanol–water partition coefficient (Wildman–Crippen LogP) is 1.17. The Hall–Kier alpha value is -1.34. The number of hydrogen-bond acceptors (Lipinski definition) is 4. The van der Waals surface area contributed by atoms with E-state index in [0.717, 1.165) is 11.4 Å². The number of sulfone groups is 1. The molecule has 19 heavy (non-hydrogen) atoms. The summed E-state index contributed by atoms with van der Waals surface area (Å²) in [5.41, 5.74) is 0.803. The largest absolute Gasteiger partial charge is 0.497 e. The number of anilines is 1. The van der Waals surface area contributed by atoms with E-state index in [2.05, 4.69) is 10.6 Å². The third kappa shape index (κ3) is 4.07. The zero-order valence-electron chi connectivity index (χ0n) is 10.5. The first kappa shape index (κ1) is 14.1. The Morgan fingerprint density at radius 1 is 1.47 bits per heavy atom. The van der Waals surface area contributed by atoms with Crippen LogP contribution < -0.4 is 15.4 Å². The molecule has 0 radical (unpaired) electrons. The highest BCUT2D eigenvalue weighted by Crippen LogP contribution is 2.17. The summed E-state index contributed by atoms with van der Waals surface area (Å²) in [6, 6.07) is 7.27. The van der Waals surface area contributed by atoms with Crippen molar-refractivity contribution in [3.63, 3.8) is 0 Å². The van der Waals surface area contributed by atoms with Crippen molar-refractivity contribution in [2.45, 2.75) is 12.5 Å². The number of ether oxygens (including phenoxy) is 1. The smallest absolute Gasteiger partial charge is 0.171 e. The molecule has 2 rings (SSSR count). The lowest BCUT2D eigenvalue weighted by Gasteiger charge is -2.15. The molecule has 0 aromatic heterocycles. The van der Waals surface area contributed by atoms with E-state index in [4.69, 9.17) is 17.0 Å². The molecule has 1 unspecified atom stereocenters. The van der Waals surface area contributed by atoms with Crippen molar-refractivity contribution in [1.29, 1.82) is 0 Å². The minimum Gasteiger partial charge on any atom is -0.497 e. The maximum atomic E-state index is 11.3. The molecule has 0 amide bonds. The van der Waals surface area contributed by atoms with Crippen molar-refractivity contribution >= 4 is 32.9 Å². The number of hydrogen-bond donors (Lipinski definition) is 2. The fraction of sp³-hybridized carbons (Fsp3) is 0.417. The van der Waals surface area contributed by atoms with Crippen molar-refractivity contribution in [1.82, 2.24) is 5.32 Å². The van der Waals surface area contributed by atoms with Gasteiger partial charge in [-0.05, 0) is 30.8 Å².